The summed E-state index contributed by atoms with van der Waals surface area (Å²) in [5, 5.41) is 41.0. The van der Waals surface area contributed by atoms with Crippen LogP contribution in [0.2, 0.25) is 0 Å². The fraction of sp³-hybridized carbons (Fsp3) is 0.833. The van der Waals surface area contributed by atoms with E-state index in [1.807, 2.05) is 0 Å². The number of hydrogen-bond donors (Lipinski definition) is 6. The van der Waals surface area contributed by atoms with Gasteiger partial charge in [-0.05, 0) is 25.9 Å². The minimum absolute atomic E-state index is 0.00102. The molecule has 0 spiro atoms. The molecule has 6 N–H and O–H groups in total. The molecule has 0 fully saturated rings. The van der Waals surface area contributed by atoms with Gasteiger partial charge in [0.2, 0.25) is 0 Å². The summed E-state index contributed by atoms with van der Waals surface area (Å²) in [6, 6.07) is -1.45. The van der Waals surface area contributed by atoms with Gasteiger partial charge in [-0.15, -0.1) is 0 Å². The normalized spacial score (nSPS) is 13.7. The number of nitrogens with one attached hydrogen (secondary N) is 2. The van der Waals surface area contributed by atoms with Crippen LogP contribution in [-0.2, 0) is 9.59 Å². The monoisotopic (exact) mass is 356 g/mol. The van der Waals surface area contributed by atoms with Crippen LogP contribution in [0.5, 0.6) is 0 Å². The van der Waals surface area contributed by atoms with Crippen LogP contribution in [0.3, 0.4) is 0 Å². The van der Waals surface area contributed by atoms with E-state index < -0.39 is 24.0 Å². The highest BCUT2D eigenvalue weighted by Crippen LogP contribution is 2.23. The molecule has 0 saturated carbocycles. The fourth-order valence-corrected chi connectivity index (χ4v) is 3.76. The molecule has 0 bridgehead atoms. The van der Waals surface area contributed by atoms with E-state index in [0.29, 0.717) is 37.4 Å². The molecule has 0 aliphatic carbocycles. The number of aliphatic carboxylic acids is 2. The third-order valence-electron chi connectivity index (χ3n) is 2.60. The van der Waals surface area contributed by atoms with Crippen molar-refractivity contribution in [2.24, 2.45) is 0 Å². The molecule has 0 heterocycles. The van der Waals surface area contributed by atoms with Crippen LogP contribution in [0.25, 0.3) is 0 Å². The maximum atomic E-state index is 11.0. The Labute approximate surface area is 137 Å². The number of hydrogen-bond acceptors (Lipinski definition) is 8. The smallest absolute Gasteiger partial charge is 0.321 e. The van der Waals surface area contributed by atoms with Crippen LogP contribution >= 0.6 is 21.6 Å². The number of rotatable bonds is 15. The van der Waals surface area contributed by atoms with Gasteiger partial charge in [0.05, 0.1) is 0 Å². The van der Waals surface area contributed by atoms with Crippen LogP contribution in [0.4, 0.5) is 0 Å². The van der Waals surface area contributed by atoms with Gasteiger partial charge in [-0.3, -0.25) is 9.59 Å². The van der Waals surface area contributed by atoms with E-state index >= 15 is 0 Å². The second kappa shape index (κ2) is 14.1. The number of carbonyl (C=O) groups is 2. The second-order valence-corrected chi connectivity index (χ2v) is 6.97. The molecular formula is C12H24N2O6S2. The molecule has 2 atom stereocenters. The summed E-state index contributed by atoms with van der Waals surface area (Å²) in [5.74, 6) is -1.34. The van der Waals surface area contributed by atoms with Crippen LogP contribution in [0.15, 0.2) is 0 Å². The predicted molar refractivity (Wildman–Crippen MR) is 87.2 cm³/mol. The first-order valence-corrected chi connectivity index (χ1v) is 9.40. The summed E-state index contributed by atoms with van der Waals surface area (Å²) in [6.45, 7) is 0.834. The molecule has 0 aliphatic rings. The van der Waals surface area contributed by atoms with E-state index in [2.05, 4.69) is 10.6 Å². The molecule has 8 nitrogen and oxygen atoms in total. The Bertz CT molecular complexity index is 292. The van der Waals surface area contributed by atoms with Gasteiger partial charge in [-0.1, -0.05) is 21.6 Å². The number of aliphatic hydroxyl groups is 2. The maximum Gasteiger partial charge on any atom is 0.321 e. The summed E-state index contributed by atoms with van der Waals surface area (Å²) in [4.78, 5) is 22.1. The van der Waals surface area contributed by atoms with E-state index in [1.54, 1.807) is 0 Å². The Morgan fingerprint density at radius 1 is 0.818 bits per heavy atom. The van der Waals surface area contributed by atoms with Crippen LogP contribution in [0, 0.1) is 0 Å². The summed E-state index contributed by atoms with van der Waals surface area (Å²) >= 11 is 0. The van der Waals surface area contributed by atoms with Crippen molar-refractivity contribution in [1.82, 2.24) is 10.6 Å². The molecule has 0 aromatic rings. The summed E-state index contributed by atoms with van der Waals surface area (Å²) in [7, 11) is 2.58. The van der Waals surface area contributed by atoms with Gasteiger partial charge in [0.25, 0.3) is 0 Å². The highest BCUT2D eigenvalue weighted by molar-refractivity contribution is 8.76. The molecular weight excluding hydrogens is 332 g/mol. The molecule has 0 rings (SSSR count). The molecule has 0 saturated heterocycles. The molecule has 10 heteroatoms. The Kier molecular flexibility index (Phi) is 13.8. The zero-order valence-electron chi connectivity index (χ0n) is 12.2. The number of carboxylic acids is 2. The Balaban J connectivity index is 3.97. The molecule has 0 amide bonds. The Morgan fingerprint density at radius 2 is 1.18 bits per heavy atom. The summed E-state index contributed by atoms with van der Waals surface area (Å²) in [6.07, 6.45) is 0.967. The SMILES string of the molecule is O=C(O)[C@H](CSSC[C@H](NCCCO)C(=O)O)NCCCO. The first-order valence-electron chi connectivity index (χ1n) is 6.91. The first-order chi connectivity index (χ1) is 10.5. The standard InChI is InChI=1S/C12H24N2O6S2/c15-5-1-3-13-9(11(17)18)7-21-22-8-10(12(19)20)14-4-2-6-16/h9-10,13-16H,1-8H2,(H,17,18)(H,19,20)/t9-,10-/m0/s1. The minimum atomic E-state index is -0.970. The topological polar surface area (TPSA) is 139 Å². The van der Waals surface area contributed by atoms with E-state index in [-0.39, 0.29) is 13.2 Å². The van der Waals surface area contributed by atoms with Gasteiger partial charge >= 0.3 is 11.9 Å². The van der Waals surface area contributed by atoms with Crippen molar-refractivity contribution in [1.29, 1.82) is 0 Å². The van der Waals surface area contributed by atoms with Crippen molar-refractivity contribution in [2.45, 2.75) is 24.9 Å². The zero-order chi connectivity index (χ0) is 16.8. The molecule has 22 heavy (non-hydrogen) atoms. The highest BCUT2D eigenvalue weighted by Gasteiger charge is 2.19. The average molecular weight is 356 g/mol. The third-order valence-corrected chi connectivity index (χ3v) is 5.02. The number of carboxylic acid groups (broad SMARTS) is 2. The van der Waals surface area contributed by atoms with Crippen molar-refractivity contribution < 1.29 is 30.0 Å². The van der Waals surface area contributed by atoms with E-state index in [4.69, 9.17) is 20.4 Å². The Morgan fingerprint density at radius 3 is 1.45 bits per heavy atom. The lowest BCUT2D eigenvalue weighted by Crippen LogP contribution is -2.40. The van der Waals surface area contributed by atoms with Gasteiger partial charge < -0.3 is 31.1 Å². The van der Waals surface area contributed by atoms with Crippen LogP contribution in [-0.4, -0.2) is 82.3 Å². The fourth-order valence-electron chi connectivity index (χ4n) is 1.38. The van der Waals surface area contributed by atoms with Crippen molar-refractivity contribution in [3.05, 3.63) is 0 Å². The minimum Gasteiger partial charge on any atom is -0.480 e. The van der Waals surface area contributed by atoms with Crippen LogP contribution < -0.4 is 10.6 Å². The second-order valence-electron chi connectivity index (χ2n) is 4.41. The molecule has 0 unspecified atom stereocenters. The van der Waals surface area contributed by atoms with Gasteiger partial charge in [-0.25, -0.2) is 0 Å². The summed E-state index contributed by atoms with van der Waals surface area (Å²) in [5.41, 5.74) is 0. The van der Waals surface area contributed by atoms with Crippen molar-refractivity contribution in [3.63, 3.8) is 0 Å². The molecule has 0 aromatic carbocycles. The van der Waals surface area contributed by atoms with Gasteiger partial charge in [0, 0.05) is 24.7 Å². The molecule has 0 aliphatic heterocycles. The molecule has 0 aromatic heterocycles. The van der Waals surface area contributed by atoms with Crippen molar-refractivity contribution in [2.75, 3.05) is 37.8 Å². The molecule has 130 valence electrons. The van der Waals surface area contributed by atoms with Crippen molar-refractivity contribution >= 4 is 33.5 Å². The lowest BCUT2D eigenvalue weighted by molar-refractivity contribution is -0.139. The van der Waals surface area contributed by atoms with E-state index in [1.165, 1.54) is 21.6 Å². The van der Waals surface area contributed by atoms with Gasteiger partial charge in [0.15, 0.2) is 0 Å². The van der Waals surface area contributed by atoms with Crippen molar-refractivity contribution in [3.8, 4) is 0 Å². The highest BCUT2D eigenvalue weighted by atomic mass is 33.1. The lowest BCUT2D eigenvalue weighted by Gasteiger charge is -2.15. The zero-order valence-corrected chi connectivity index (χ0v) is 13.9. The third kappa shape index (κ3) is 11.1. The lowest BCUT2D eigenvalue weighted by atomic mass is 10.3. The van der Waals surface area contributed by atoms with Crippen LogP contribution in [0.1, 0.15) is 12.8 Å². The average Bonchev–Trinajstić information content (AvgIpc) is 2.47. The quantitative estimate of drug-likeness (QED) is 0.164. The molecule has 0 radical (unpaired) electrons. The predicted octanol–water partition coefficient (Wildman–Crippen LogP) is -0.782. The van der Waals surface area contributed by atoms with E-state index in [9.17, 15) is 9.59 Å². The van der Waals surface area contributed by atoms with Gasteiger partial charge in [0.1, 0.15) is 12.1 Å². The first kappa shape index (κ1) is 21.5. The largest absolute Gasteiger partial charge is 0.480 e. The number of aliphatic hydroxyl groups excluding tert-OH is 2. The van der Waals surface area contributed by atoms with E-state index in [0.717, 1.165) is 0 Å². The summed E-state index contributed by atoms with van der Waals surface area (Å²) < 4.78 is 0. The maximum absolute atomic E-state index is 11.0. The Hall–Kier alpha value is -0.520. The van der Waals surface area contributed by atoms with Gasteiger partial charge in [-0.2, -0.15) is 0 Å².